The molecule has 0 spiro atoms. The molecule has 0 aliphatic rings. The Balaban J connectivity index is 0. The minimum Gasteiger partial charge on any atom is -0.458 e. The summed E-state index contributed by atoms with van der Waals surface area (Å²) in [5.74, 6) is -0.525. The van der Waals surface area contributed by atoms with E-state index in [4.69, 9.17) is 20.0 Å². The molecule has 0 fully saturated rings. The van der Waals surface area contributed by atoms with Crippen LogP contribution < -0.4 is 5.73 Å². The van der Waals surface area contributed by atoms with Gasteiger partial charge in [-0.1, -0.05) is 5.16 Å². The van der Waals surface area contributed by atoms with E-state index >= 15 is 0 Å². The van der Waals surface area contributed by atoms with Gasteiger partial charge in [-0.15, -0.1) is 12.4 Å². The number of halogens is 1. The molecule has 0 radical (unpaired) electrons. The van der Waals surface area contributed by atoms with Crippen molar-refractivity contribution >= 4 is 30.8 Å². The highest BCUT2D eigenvalue weighted by Gasteiger charge is 2.35. The van der Waals surface area contributed by atoms with Crippen LogP contribution in [0.1, 0.15) is 67.7 Å². The molecule has 8 nitrogen and oxygen atoms in total. The van der Waals surface area contributed by atoms with Gasteiger partial charge in [0.2, 0.25) is 0 Å². The molecule has 0 saturated heterocycles. The second-order valence-corrected chi connectivity index (χ2v) is 7.86. The van der Waals surface area contributed by atoms with Gasteiger partial charge in [0, 0.05) is 0 Å². The molecule has 27 heavy (non-hydrogen) atoms. The Morgan fingerprint density at radius 3 is 2.07 bits per heavy atom. The Hall–Kier alpha value is -1.54. The highest BCUT2D eigenvalue weighted by atomic mass is 35.5. The lowest BCUT2D eigenvalue weighted by Gasteiger charge is -2.31. The highest BCUT2D eigenvalue weighted by Crippen LogP contribution is 2.18. The van der Waals surface area contributed by atoms with E-state index in [1.54, 1.807) is 48.5 Å². The van der Waals surface area contributed by atoms with Crippen LogP contribution in [-0.4, -0.2) is 53.7 Å². The summed E-state index contributed by atoms with van der Waals surface area (Å²) in [5, 5.41) is 3.74. The van der Waals surface area contributed by atoms with Crippen LogP contribution in [-0.2, 0) is 19.1 Å². The van der Waals surface area contributed by atoms with Crippen LogP contribution in [0.3, 0.4) is 0 Å². The summed E-state index contributed by atoms with van der Waals surface area (Å²) in [6.45, 7) is 13.2. The molecule has 160 valence electrons. The number of oxime groups is 1. The summed E-state index contributed by atoms with van der Waals surface area (Å²) in [7, 11) is 0. The van der Waals surface area contributed by atoms with Gasteiger partial charge >= 0.3 is 12.1 Å². The van der Waals surface area contributed by atoms with Crippen molar-refractivity contribution in [3.05, 3.63) is 0 Å². The maximum atomic E-state index is 12.7. The van der Waals surface area contributed by atoms with E-state index in [0.717, 1.165) is 11.3 Å². The normalized spacial score (nSPS) is 12.9. The van der Waals surface area contributed by atoms with Crippen molar-refractivity contribution in [2.24, 2.45) is 10.9 Å². The van der Waals surface area contributed by atoms with Crippen molar-refractivity contribution in [3.63, 3.8) is 0 Å². The Labute approximate surface area is 169 Å². The summed E-state index contributed by atoms with van der Waals surface area (Å²) in [6, 6.07) is -0.875. The van der Waals surface area contributed by atoms with Gasteiger partial charge in [0.25, 0.3) is 0 Å². The van der Waals surface area contributed by atoms with Gasteiger partial charge in [0.1, 0.15) is 30.2 Å². The van der Waals surface area contributed by atoms with Gasteiger partial charge in [0.05, 0.1) is 0 Å². The molecule has 0 saturated carbocycles. The molecule has 0 aliphatic heterocycles. The second kappa shape index (κ2) is 12.8. The fraction of sp³-hybridized carbons (Fsp3) is 0.833. The zero-order chi connectivity index (χ0) is 20.4. The number of unbranched alkanes of at least 4 members (excludes halogenated alkanes) is 1. The average Bonchev–Trinajstić information content (AvgIpc) is 2.45. The summed E-state index contributed by atoms with van der Waals surface area (Å²) < 4.78 is 10.9. The lowest BCUT2D eigenvalue weighted by Crippen LogP contribution is -2.48. The number of hydrogen-bond donors (Lipinski definition) is 1. The third-order valence-corrected chi connectivity index (χ3v) is 2.93. The summed E-state index contributed by atoms with van der Waals surface area (Å²) in [4.78, 5) is 31.4. The quantitative estimate of drug-likeness (QED) is 0.205. The predicted octanol–water partition coefficient (Wildman–Crippen LogP) is 3.46. The lowest BCUT2D eigenvalue weighted by molar-refractivity contribution is -0.160. The number of carbonyl (C=O) groups is 2. The van der Waals surface area contributed by atoms with Crippen molar-refractivity contribution in [2.75, 3.05) is 13.2 Å². The number of carbonyl (C=O) groups excluding carboxylic acids is 2. The van der Waals surface area contributed by atoms with E-state index < -0.39 is 29.3 Å². The fourth-order valence-corrected chi connectivity index (χ4v) is 1.95. The third-order valence-electron chi connectivity index (χ3n) is 2.93. The van der Waals surface area contributed by atoms with E-state index in [9.17, 15) is 9.59 Å². The van der Waals surface area contributed by atoms with E-state index in [2.05, 4.69) is 5.16 Å². The standard InChI is InChI=1S/C18H35N3O5.ClH/c1-8-24-20-13-21(16(23)26-18(5,6)7)14(11-9-10-12-19)15(22)25-17(2,3)4;/h13-14H,8-12,19H2,1-7H3;1H/t14-;/m0./s1. The summed E-state index contributed by atoms with van der Waals surface area (Å²) in [6.07, 6.45) is 2.24. The van der Waals surface area contributed by atoms with Crippen LogP contribution in [0, 0.1) is 0 Å². The van der Waals surface area contributed by atoms with Crippen molar-refractivity contribution in [3.8, 4) is 0 Å². The minimum atomic E-state index is -0.875. The van der Waals surface area contributed by atoms with E-state index in [-0.39, 0.29) is 12.4 Å². The van der Waals surface area contributed by atoms with Crippen LogP contribution in [0.5, 0.6) is 0 Å². The molecule has 2 N–H and O–H groups in total. The monoisotopic (exact) mass is 409 g/mol. The first-order valence-electron chi connectivity index (χ1n) is 9.01. The predicted molar refractivity (Wildman–Crippen MR) is 108 cm³/mol. The average molecular weight is 410 g/mol. The van der Waals surface area contributed by atoms with Crippen LogP contribution in [0.25, 0.3) is 0 Å². The SMILES string of the molecule is CCON=CN(C(=O)OC(C)(C)C)[C@@H](CCCCN)C(=O)OC(C)(C)C.Cl. The van der Waals surface area contributed by atoms with Gasteiger partial charge in [0.15, 0.2) is 0 Å². The molecule has 0 unspecified atom stereocenters. The zero-order valence-corrected chi connectivity index (χ0v) is 18.4. The smallest absolute Gasteiger partial charge is 0.416 e. The largest absolute Gasteiger partial charge is 0.458 e. The first kappa shape index (κ1) is 27.7. The first-order valence-corrected chi connectivity index (χ1v) is 9.01. The molecule has 0 aliphatic carbocycles. The molecular formula is C18H36ClN3O5. The minimum absolute atomic E-state index is 0. The van der Waals surface area contributed by atoms with Crippen molar-refractivity contribution < 1.29 is 23.9 Å². The molecule has 0 heterocycles. The van der Waals surface area contributed by atoms with Gasteiger partial charge in [-0.05, 0) is 74.3 Å². The lowest BCUT2D eigenvalue weighted by atomic mass is 10.1. The second-order valence-electron chi connectivity index (χ2n) is 7.86. The zero-order valence-electron chi connectivity index (χ0n) is 17.6. The topological polar surface area (TPSA) is 103 Å². The first-order chi connectivity index (χ1) is 11.9. The molecule has 0 aromatic heterocycles. The van der Waals surface area contributed by atoms with Gasteiger partial charge in [-0.2, -0.15) is 0 Å². The van der Waals surface area contributed by atoms with Crippen molar-refractivity contribution in [1.29, 1.82) is 0 Å². The maximum Gasteiger partial charge on any atom is 0.416 e. The molecule has 0 bridgehead atoms. The molecule has 1 amide bonds. The molecule has 0 rings (SSSR count). The van der Waals surface area contributed by atoms with Gasteiger partial charge in [-0.25, -0.2) is 9.59 Å². The van der Waals surface area contributed by atoms with Crippen LogP contribution >= 0.6 is 12.4 Å². The Morgan fingerprint density at radius 2 is 1.63 bits per heavy atom. The molecular weight excluding hydrogens is 374 g/mol. The van der Waals surface area contributed by atoms with E-state index in [1.165, 1.54) is 6.34 Å². The third kappa shape index (κ3) is 13.3. The molecule has 1 atom stereocenters. The van der Waals surface area contributed by atoms with Crippen molar-refractivity contribution in [1.82, 2.24) is 4.90 Å². The Bertz CT molecular complexity index is 473. The number of rotatable bonds is 9. The Morgan fingerprint density at radius 1 is 1.07 bits per heavy atom. The Kier molecular flexibility index (Phi) is 13.1. The molecule has 9 heteroatoms. The number of nitrogens with two attached hydrogens (primary N) is 1. The number of nitrogens with zero attached hydrogens (tertiary/aromatic N) is 2. The van der Waals surface area contributed by atoms with Gasteiger partial charge in [-0.3, -0.25) is 4.90 Å². The van der Waals surface area contributed by atoms with Gasteiger partial charge < -0.3 is 20.0 Å². The van der Waals surface area contributed by atoms with Crippen LogP contribution in [0.2, 0.25) is 0 Å². The number of amides is 1. The molecule has 0 aromatic carbocycles. The van der Waals surface area contributed by atoms with E-state index in [1.807, 2.05) is 0 Å². The summed E-state index contributed by atoms with van der Waals surface area (Å²) >= 11 is 0. The maximum absolute atomic E-state index is 12.7. The highest BCUT2D eigenvalue weighted by molar-refractivity contribution is 5.90. The number of hydrogen-bond acceptors (Lipinski definition) is 7. The van der Waals surface area contributed by atoms with E-state index in [0.29, 0.717) is 26.0 Å². The van der Waals surface area contributed by atoms with Crippen molar-refractivity contribution in [2.45, 2.75) is 85.0 Å². The van der Waals surface area contributed by atoms with Crippen LogP contribution in [0.15, 0.2) is 5.16 Å². The summed E-state index contributed by atoms with van der Waals surface area (Å²) in [5.41, 5.74) is 4.14. The number of ether oxygens (including phenoxy) is 2. The van der Waals surface area contributed by atoms with Crippen LogP contribution in [0.4, 0.5) is 4.79 Å². The number of esters is 1. The molecule has 0 aromatic rings. The fourth-order valence-electron chi connectivity index (χ4n) is 1.95.